The van der Waals surface area contributed by atoms with Crippen LogP contribution in [-0.4, -0.2) is 36.9 Å². The van der Waals surface area contributed by atoms with Crippen molar-refractivity contribution in [2.45, 2.75) is 26.8 Å². The molecule has 0 aliphatic carbocycles. The van der Waals surface area contributed by atoms with Crippen molar-refractivity contribution in [1.29, 1.82) is 0 Å². The first-order valence-electron chi connectivity index (χ1n) is 8.24. The van der Waals surface area contributed by atoms with Gasteiger partial charge in [-0.25, -0.2) is 0 Å². The van der Waals surface area contributed by atoms with Crippen LogP contribution in [0.25, 0.3) is 0 Å². The second kappa shape index (κ2) is 8.78. The number of nitrogens with zero attached hydrogens (tertiary/aromatic N) is 1. The van der Waals surface area contributed by atoms with Gasteiger partial charge in [-0.3, -0.25) is 14.5 Å². The van der Waals surface area contributed by atoms with Crippen LogP contribution < -0.4 is 10.6 Å². The van der Waals surface area contributed by atoms with Gasteiger partial charge < -0.3 is 10.6 Å². The molecule has 0 aliphatic rings. The van der Waals surface area contributed by atoms with Gasteiger partial charge in [0, 0.05) is 10.6 Å². The molecule has 2 aromatic rings. The van der Waals surface area contributed by atoms with E-state index in [1.54, 1.807) is 23.3 Å². The maximum absolute atomic E-state index is 12.2. The van der Waals surface area contributed by atoms with Gasteiger partial charge in [0.05, 0.1) is 19.1 Å². The summed E-state index contributed by atoms with van der Waals surface area (Å²) in [6.45, 7) is 6.28. The fourth-order valence-electron chi connectivity index (χ4n) is 2.52. The predicted octanol–water partition coefficient (Wildman–Crippen LogP) is 3.11. The summed E-state index contributed by atoms with van der Waals surface area (Å²) in [5.41, 5.74) is 3.00. The number of rotatable bonds is 7. The number of amides is 2. The van der Waals surface area contributed by atoms with Crippen LogP contribution in [0.15, 0.2) is 35.7 Å². The van der Waals surface area contributed by atoms with E-state index in [0.717, 1.165) is 21.7 Å². The molecule has 0 spiro atoms. The van der Waals surface area contributed by atoms with Crippen LogP contribution in [0.3, 0.4) is 0 Å². The highest BCUT2D eigenvalue weighted by Crippen LogP contribution is 2.18. The van der Waals surface area contributed by atoms with Gasteiger partial charge in [0.1, 0.15) is 0 Å². The Morgan fingerprint density at radius 2 is 1.84 bits per heavy atom. The molecular weight excluding hydrogens is 334 g/mol. The van der Waals surface area contributed by atoms with Crippen LogP contribution in [0, 0.1) is 13.8 Å². The zero-order valence-corrected chi connectivity index (χ0v) is 15.9. The number of likely N-dealkylation sites (N-methyl/N-ethyl adjacent to an activating group) is 1. The maximum Gasteiger partial charge on any atom is 0.238 e. The summed E-state index contributed by atoms with van der Waals surface area (Å²) in [5.74, 6) is -0.224. The van der Waals surface area contributed by atoms with Crippen LogP contribution in [0.4, 0.5) is 5.69 Å². The first kappa shape index (κ1) is 19.1. The van der Waals surface area contributed by atoms with E-state index in [2.05, 4.69) is 10.6 Å². The van der Waals surface area contributed by atoms with E-state index in [9.17, 15) is 9.59 Å². The first-order chi connectivity index (χ1) is 11.9. The van der Waals surface area contributed by atoms with E-state index >= 15 is 0 Å². The molecule has 0 fully saturated rings. The highest BCUT2D eigenvalue weighted by atomic mass is 32.1. The van der Waals surface area contributed by atoms with E-state index in [0.29, 0.717) is 0 Å². The first-order valence-corrected chi connectivity index (χ1v) is 9.12. The van der Waals surface area contributed by atoms with Crippen molar-refractivity contribution in [3.63, 3.8) is 0 Å². The van der Waals surface area contributed by atoms with Gasteiger partial charge in [-0.2, -0.15) is 0 Å². The number of carbonyl (C=O) groups excluding carboxylic acids is 2. The summed E-state index contributed by atoms with van der Waals surface area (Å²) in [4.78, 5) is 27.1. The van der Waals surface area contributed by atoms with Crippen molar-refractivity contribution >= 4 is 28.8 Å². The molecular formula is C19H25N3O2S. The minimum absolute atomic E-state index is 0.0235. The monoisotopic (exact) mass is 359 g/mol. The Labute approximate surface area is 153 Å². The number of nitrogens with one attached hydrogen (secondary N) is 2. The smallest absolute Gasteiger partial charge is 0.238 e. The molecule has 0 unspecified atom stereocenters. The molecule has 2 rings (SSSR count). The Bertz CT molecular complexity index is 728. The lowest BCUT2D eigenvalue weighted by atomic mass is 10.1. The van der Waals surface area contributed by atoms with E-state index in [1.165, 1.54) is 0 Å². The number of aryl methyl sites for hydroxylation is 1. The second-order valence-corrected chi connectivity index (χ2v) is 7.25. The third-order valence-corrected chi connectivity index (χ3v) is 5.11. The lowest BCUT2D eigenvalue weighted by Crippen LogP contribution is -2.39. The molecule has 6 heteroatoms. The Kier molecular flexibility index (Phi) is 6.73. The quantitative estimate of drug-likeness (QED) is 0.798. The fourth-order valence-corrected chi connectivity index (χ4v) is 3.25. The summed E-state index contributed by atoms with van der Waals surface area (Å²) in [7, 11) is 1.76. The van der Waals surface area contributed by atoms with Crippen molar-refractivity contribution in [2.75, 3.05) is 25.5 Å². The molecule has 1 atom stereocenters. The number of anilines is 1. The Balaban J connectivity index is 1.80. The highest BCUT2D eigenvalue weighted by Gasteiger charge is 2.14. The normalized spacial score (nSPS) is 12.0. The molecule has 134 valence electrons. The van der Waals surface area contributed by atoms with Crippen LogP contribution in [0.2, 0.25) is 0 Å². The van der Waals surface area contributed by atoms with Crippen molar-refractivity contribution in [1.82, 2.24) is 10.2 Å². The summed E-state index contributed by atoms with van der Waals surface area (Å²) in [6.07, 6.45) is 0. The molecule has 0 radical (unpaired) electrons. The van der Waals surface area contributed by atoms with Crippen molar-refractivity contribution in [3.8, 4) is 0 Å². The zero-order chi connectivity index (χ0) is 18.4. The van der Waals surface area contributed by atoms with E-state index in [4.69, 9.17) is 0 Å². The topological polar surface area (TPSA) is 61.4 Å². The van der Waals surface area contributed by atoms with Crippen molar-refractivity contribution in [3.05, 3.63) is 51.7 Å². The van der Waals surface area contributed by atoms with Crippen LogP contribution >= 0.6 is 11.3 Å². The SMILES string of the molecule is Cc1cccc(NC(=O)CN(C)CC(=O)N[C@H](C)c2cccs2)c1C. The Morgan fingerprint density at radius 1 is 1.12 bits per heavy atom. The zero-order valence-electron chi connectivity index (χ0n) is 15.1. The van der Waals surface area contributed by atoms with Gasteiger partial charge in [-0.15, -0.1) is 11.3 Å². The third kappa shape index (κ3) is 5.69. The Morgan fingerprint density at radius 3 is 2.52 bits per heavy atom. The van der Waals surface area contributed by atoms with Gasteiger partial charge in [0.25, 0.3) is 0 Å². The van der Waals surface area contributed by atoms with Gasteiger partial charge in [0.2, 0.25) is 11.8 Å². The number of hydrogen-bond acceptors (Lipinski definition) is 4. The molecule has 1 aromatic carbocycles. The molecule has 2 N–H and O–H groups in total. The van der Waals surface area contributed by atoms with E-state index < -0.39 is 0 Å². The summed E-state index contributed by atoms with van der Waals surface area (Å²) in [6, 6.07) is 9.75. The molecule has 25 heavy (non-hydrogen) atoms. The van der Waals surface area contributed by atoms with Gasteiger partial charge in [-0.05, 0) is 56.5 Å². The Hall–Kier alpha value is -2.18. The van der Waals surface area contributed by atoms with Gasteiger partial charge in [0.15, 0.2) is 0 Å². The van der Waals surface area contributed by atoms with Crippen molar-refractivity contribution in [2.24, 2.45) is 0 Å². The molecule has 0 aliphatic heterocycles. The molecule has 0 saturated heterocycles. The van der Waals surface area contributed by atoms with Crippen LogP contribution in [-0.2, 0) is 9.59 Å². The molecule has 0 bridgehead atoms. The lowest BCUT2D eigenvalue weighted by Gasteiger charge is -2.18. The van der Waals surface area contributed by atoms with Crippen LogP contribution in [0.5, 0.6) is 0 Å². The fraction of sp³-hybridized carbons (Fsp3) is 0.368. The molecule has 1 aromatic heterocycles. The van der Waals surface area contributed by atoms with E-state index in [-0.39, 0.29) is 30.9 Å². The minimum Gasteiger partial charge on any atom is -0.348 e. The average molecular weight is 359 g/mol. The summed E-state index contributed by atoms with van der Waals surface area (Å²) >= 11 is 1.61. The standard InChI is InChI=1S/C19H25N3O2S/c1-13-7-5-8-16(14(13)2)21-19(24)12-22(4)11-18(23)20-15(3)17-9-6-10-25-17/h5-10,15H,11-12H2,1-4H3,(H,20,23)(H,21,24)/t15-/m1/s1. The number of carbonyl (C=O) groups is 2. The largest absolute Gasteiger partial charge is 0.348 e. The second-order valence-electron chi connectivity index (χ2n) is 6.27. The lowest BCUT2D eigenvalue weighted by molar-refractivity contribution is -0.123. The van der Waals surface area contributed by atoms with E-state index in [1.807, 2.05) is 56.5 Å². The average Bonchev–Trinajstić information content (AvgIpc) is 3.05. The number of hydrogen-bond donors (Lipinski definition) is 2. The number of thiophene rings is 1. The number of benzene rings is 1. The minimum atomic E-state index is -0.129. The molecule has 2 amide bonds. The maximum atomic E-state index is 12.2. The highest BCUT2D eigenvalue weighted by molar-refractivity contribution is 7.10. The summed E-state index contributed by atoms with van der Waals surface area (Å²) in [5, 5.41) is 7.85. The van der Waals surface area contributed by atoms with Gasteiger partial charge >= 0.3 is 0 Å². The van der Waals surface area contributed by atoms with Crippen LogP contribution in [0.1, 0.15) is 29.0 Å². The molecule has 1 heterocycles. The molecule has 0 saturated carbocycles. The summed E-state index contributed by atoms with van der Waals surface area (Å²) < 4.78 is 0. The van der Waals surface area contributed by atoms with Crippen molar-refractivity contribution < 1.29 is 9.59 Å². The van der Waals surface area contributed by atoms with Gasteiger partial charge in [-0.1, -0.05) is 18.2 Å². The molecule has 5 nitrogen and oxygen atoms in total. The predicted molar refractivity (Wildman–Crippen MR) is 103 cm³/mol. The third-order valence-electron chi connectivity index (χ3n) is 4.05.